The lowest BCUT2D eigenvalue weighted by atomic mass is 10.1. The van der Waals surface area contributed by atoms with Gasteiger partial charge in [0.25, 0.3) is 0 Å². The van der Waals surface area contributed by atoms with Gasteiger partial charge in [0.15, 0.2) is 5.82 Å². The molecule has 3 rings (SSSR count). The fraction of sp³-hybridized carbons (Fsp3) is 0.562. The van der Waals surface area contributed by atoms with E-state index in [9.17, 15) is 0 Å². The van der Waals surface area contributed by atoms with E-state index in [1.807, 2.05) is 0 Å². The van der Waals surface area contributed by atoms with E-state index >= 15 is 0 Å². The molecular weight excluding hydrogens is 314 g/mol. The fourth-order valence-corrected chi connectivity index (χ4v) is 3.15. The highest BCUT2D eigenvalue weighted by molar-refractivity contribution is 9.08. The van der Waals surface area contributed by atoms with Crippen LogP contribution in [0, 0.1) is 5.92 Å². The van der Waals surface area contributed by atoms with Crippen LogP contribution in [0.5, 0.6) is 0 Å². The molecular formula is C16H22BrN3. The normalized spacial score (nSPS) is 15.2. The van der Waals surface area contributed by atoms with Gasteiger partial charge >= 0.3 is 0 Å². The summed E-state index contributed by atoms with van der Waals surface area (Å²) in [5.74, 6) is 1.91. The van der Waals surface area contributed by atoms with Crippen LogP contribution in [0.1, 0.15) is 38.8 Å². The number of hydrogen-bond acceptors (Lipinski definition) is 2. The average molecular weight is 336 g/mol. The Hall–Kier alpha value is -1.03. The Kier molecular flexibility index (Phi) is 4.01. The van der Waals surface area contributed by atoms with Crippen LogP contribution in [0.4, 0.5) is 5.82 Å². The summed E-state index contributed by atoms with van der Waals surface area (Å²) in [6.45, 7) is 5.70. The molecule has 20 heavy (non-hydrogen) atoms. The van der Waals surface area contributed by atoms with Crippen molar-refractivity contribution in [3.63, 3.8) is 0 Å². The maximum Gasteiger partial charge on any atom is 0.152 e. The first-order chi connectivity index (χ1) is 9.70. The monoisotopic (exact) mass is 335 g/mol. The second-order valence-electron chi connectivity index (χ2n) is 6.05. The molecule has 0 saturated heterocycles. The highest BCUT2D eigenvalue weighted by atomic mass is 79.9. The molecule has 2 aromatic rings. The molecule has 2 heterocycles. The van der Waals surface area contributed by atoms with Crippen LogP contribution in [-0.2, 0) is 5.33 Å². The topological polar surface area (TPSA) is 20.5 Å². The van der Waals surface area contributed by atoms with Gasteiger partial charge < -0.3 is 9.30 Å². The van der Waals surface area contributed by atoms with Crippen molar-refractivity contribution in [2.75, 3.05) is 11.4 Å². The Morgan fingerprint density at radius 3 is 2.85 bits per heavy atom. The molecule has 0 bridgehead atoms. The predicted molar refractivity (Wildman–Crippen MR) is 87.6 cm³/mol. The first-order valence-corrected chi connectivity index (χ1v) is 8.61. The summed E-state index contributed by atoms with van der Waals surface area (Å²) in [5, 5.41) is 0.846. The molecule has 0 aromatic carbocycles. The van der Waals surface area contributed by atoms with Crippen molar-refractivity contribution < 1.29 is 0 Å². The molecule has 0 amide bonds. The summed E-state index contributed by atoms with van der Waals surface area (Å²) in [7, 11) is 0. The van der Waals surface area contributed by atoms with E-state index in [0.717, 1.165) is 23.4 Å². The molecule has 1 aliphatic rings. The lowest BCUT2D eigenvalue weighted by Crippen LogP contribution is -2.29. The number of nitrogens with zero attached hydrogens (tertiary/aromatic N) is 3. The van der Waals surface area contributed by atoms with Crippen molar-refractivity contribution in [2.45, 2.75) is 44.5 Å². The second kappa shape index (κ2) is 5.76. The van der Waals surface area contributed by atoms with Crippen LogP contribution in [0.3, 0.4) is 0 Å². The van der Waals surface area contributed by atoms with Gasteiger partial charge in [0.1, 0.15) is 5.65 Å². The van der Waals surface area contributed by atoms with Crippen LogP contribution >= 0.6 is 15.9 Å². The van der Waals surface area contributed by atoms with Crippen LogP contribution in [0.2, 0.25) is 0 Å². The van der Waals surface area contributed by atoms with Crippen LogP contribution in [0.25, 0.3) is 5.65 Å². The van der Waals surface area contributed by atoms with E-state index < -0.39 is 0 Å². The molecule has 1 aliphatic carbocycles. The van der Waals surface area contributed by atoms with E-state index in [0.29, 0.717) is 6.04 Å². The Balaban J connectivity index is 1.97. The number of alkyl halides is 1. The number of anilines is 1. The summed E-state index contributed by atoms with van der Waals surface area (Å²) in [6.07, 6.45) is 5.96. The standard InChI is InChI=1S/C16H22BrN3/c1-12(2)8-10-19(13-6-7-13)16-14(11-17)20-9-4-3-5-15(20)18-16/h3-5,9,12-13H,6-8,10-11H2,1-2H3. The molecule has 3 nitrogen and oxygen atoms in total. The fourth-order valence-electron chi connectivity index (χ4n) is 2.63. The zero-order chi connectivity index (χ0) is 14.1. The number of aromatic nitrogens is 2. The van der Waals surface area contributed by atoms with Gasteiger partial charge in [-0.15, -0.1) is 0 Å². The summed E-state index contributed by atoms with van der Waals surface area (Å²) in [6, 6.07) is 6.92. The van der Waals surface area contributed by atoms with E-state index in [-0.39, 0.29) is 0 Å². The van der Waals surface area contributed by atoms with Gasteiger partial charge in [-0.1, -0.05) is 35.8 Å². The number of pyridine rings is 1. The van der Waals surface area contributed by atoms with Crippen molar-refractivity contribution >= 4 is 27.4 Å². The first kappa shape index (κ1) is 13.9. The summed E-state index contributed by atoms with van der Waals surface area (Å²) < 4.78 is 2.20. The van der Waals surface area contributed by atoms with Crippen LogP contribution in [-0.4, -0.2) is 22.0 Å². The van der Waals surface area contributed by atoms with Crippen molar-refractivity contribution in [3.05, 3.63) is 30.1 Å². The summed E-state index contributed by atoms with van der Waals surface area (Å²) in [4.78, 5) is 7.41. The Bertz CT molecular complexity index is 586. The molecule has 4 heteroatoms. The number of fused-ring (bicyclic) bond motifs is 1. The Morgan fingerprint density at radius 1 is 1.40 bits per heavy atom. The average Bonchev–Trinajstić information content (AvgIpc) is 3.19. The third-order valence-electron chi connectivity index (χ3n) is 3.94. The number of halogens is 1. The lowest BCUT2D eigenvalue weighted by molar-refractivity contribution is 0.568. The maximum absolute atomic E-state index is 4.88. The van der Waals surface area contributed by atoms with Gasteiger partial charge in [-0.25, -0.2) is 4.98 Å². The Morgan fingerprint density at radius 2 is 2.20 bits per heavy atom. The van der Waals surface area contributed by atoms with Crippen molar-refractivity contribution in [1.82, 2.24) is 9.38 Å². The maximum atomic E-state index is 4.88. The van der Waals surface area contributed by atoms with E-state index in [4.69, 9.17) is 4.98 Å². The van der Waals surface area contributed by atoms with Crippen LogP contribution in [0.15, 0.2) is 24.4 Å². The molecule has 0 unspecified atom stereocenters. The zero-order valence-electron chi connectivity index (χ0n) is 12.2. The molecule has 0 N–H and O–H groups in total. The van der Waals surface area contributed by atoms with E-state index in [1.54, 1.807) is 0 Å². The summed E-state index contributed by atoms with van der Waals surface area (Å²) in [5.41, 5.74) is 2.32. The van der Waals surface area contributed by atoms with Gasteiger partial charge in [-0.05, 0) is 37.3 Å². The number of imidazole rings is 1. The minimum atomic E-state index is 0.705. The minimum absolute atomic E-state index is 0.705. The molecule has 1 saturated carbocycles. The highest BCUT2D eigenvalue weighted by Gasteiger charge is 2.32. The molecule has 0 spiro atoms. The molecule has 108 valence electrons. The predicted octanol–water partition coefficient (Wildman–Crippen LogP) is 4.24. The number of hydrogen-bond donors (Lipinski definition) is 0. The van der Waals surface area contributed by atoms with E-state index in [1.165, 1.54) is 30.8 Å². The molecule has 0 aliphatic heterocycles. The minimum Gasteiger partial charge on any atom is -0.352 e. The third kappa shape index (κ3) is 2.71. The Labute approximate surface area is 129 Å². The van der Waals surface area contributed by atoms with Gasteiger partial charge in [-0.3, -0.25) is 0 Å². The third-order valence-corrected chi connectivity index (χ3v) is 4.47. The quantitative estimate of drug-likeness (QED) is 0.736. The highest BCUT2D eigenvalue weighted by Crippen LogP contribution is 2.34. The van der Waals surface area contributed by atoms with Gasteiger partial charge in [0, 0.05) is 24.1 Å². The van der Waals surface area contributed by atoms with Gasteiger partial charge in [-0.2, -0.15) is 0 Å². The van der Waals surface area contributed by atoms with Crippen molar-refractivity contribution in [1.29, 1.82) is 0 Å². The first-order valence-electron chi connectivity index (χ1n) is 7.49. The van der Waals surface area contributed by atoms with Gasteiger partial charge in [0.05, 0.1) is 5.69 Å². The van der Waals surface area contributed by atoms with Crippen LogP contribution < -0.4 is 4.90 Å². The lowest BCUT2D eigenvalue weighted by Gasteiger charge is -2.24. The smallest absolute Gasteiger partial charge is 0.152 e. The number of rotatable bonds is 6. The van der Waals surface area contributed by atoms with Gasteiger partial charge in [0.2, 0.25) is 0 Å². The zero-order valence-corrected chi connectivity index (χ0v) is 13.8. The van der Waals surface area contributed by atoms with Crippen molar-refractivity contribution in [2.24, 2.45) is 5.92 Å². The van der Waals surface area contributed by atoms with E-state index in [2.05, 4.69) is 63.5 Å². The molecule has 2 aromatic heterocycles. The molecule has 1 fully saturated rings. The summed E-state index contributed by atoms with van der Waals surface area (Å²) >= 11 is 3.64. The second-order valence-corrected chi connectivity index (χ2v) is 6.61. The molecule has 0 radical (unpaired) electrons. The largest absolute Gasteiger partial charge is 0.352 e. The van der Waals surface area contributed by atoms with Crippen molar-refractivity contribution in [3.8, 4) is 0 Å². The molecule has 0 atom stereocenters. The SMILES string of the molecule is CC(C)CCN(c1nc2ccccn2c1CBr)C1CC1.